The van der Waals surface area contributed by atoms with Gasteiger partial charge in [-0.2, -0.15) is 0 Å². The molecular weight excluding hydrogens is 208 g/mol. The van der Waals surface area contributed by atoms with Crippen LogP contribution in [0.3, 0.4) is 0 Å². The first-order valence-corrected chi connectivity index (χ1v) is 5.63. The van der Waals surface area contributed by atoms with Crippen molar-refractivity contribution >= 4 is 5.97 Å². The Morgan fingerprint density at radius 1 is 1.25 bits per heavy atom. The number of esters is 1. The zero-order valence-electron chi connectivity index (χ0n) is 10.5. The van der Waals surface area contributed by atoms with Crippen molar-refractivity contribution in [1.29, 1.82) is 0 Å². The third kappa shape index (κ3) is 8.44. The minimum atomic E-state index is -0.352. The van der Waals surface area contributed by atoms with Crippen LogP contribution in [0.1, 0.15) is 33.6 Å². The Kier molecular flexibility index (Phi) is 8.85. The fourth-order valence-electron chi connectivity index (χ4n) is 0.928. The summed E-state index contributed by atoms with van der Waals surface area (Å²) in [7, 11) is 0. The van der Waals surface area contributed by atoms with Crippen molar-refractivity contribution in [2.24, 2.45) is 0 Å². The van der Waals surface area contributed by atoms with E-state index in [1.807, 2.05) is 13.8 Å². The average molecular weight is 230 g/mol. The van der Waals surface area contributed by atoms with Gasteiger partial charge in [-0.3, -0.25) is 0 Å². The second-order valence-electron chi connectivity index (χ2n) is 3.58. The molecular formula is C12H22O4. The Bertz CT molecular complexity index is 213. The molecule has 0 aromatic carbocycles. The lowest BCUT2D eigenvalue weighted by Gasteiger charge is -2.13. The second-order valence-corrected chi connectivity index (χ2v) is 3.58. The molecule has 0 aromatic rings. The lowest BCUT2D eigenvalue weighted by Crippen LogP contribution is -2.15. The molecule has 0 radical (unpaired) electrons. The first-order chi connectivity index (χ1) is 7.57. The third-order valence-corrected chi connectivity index (χ3v) is 1.78. The average Bonchev–Trinajstić information content (AvgIpc) is 2.25. The first kappa shape index (κ1) is 15.1. The van der Waals surface area contributed by atoms with Crippen molar-refractivity contribution in [2.75, 3.05) is 19.8 Å². The minimum Gasteiger partial charge on any atom is -0.462 e. The highest BCUT2D eigenvalue weighted by Crippen LogP contribution is 1.98. The van der Waals surface area contributed by atoms with E-state index < -0.39 is 0 Å². The zero-order valence-corrected chi connectivity index (χ0v) is 10.5. The lowest BCUT2D eigenvalue weighted by atomic mass is 10.4. The summed E-state index contributed by atoms with van der Waals surface area (Å²) in [5.41, 5.74) is 0.417. The van der Waals surface area contributed by atoms with Crippen LogP contribution in [0, 0.1) is 0 Å². The monoisotopic (exact) mass is 230 g/mol. The molecule has 0 aliphatic carbocycles. The summed E-state index contributed by atoms with van der Waals surface area (Å²) in [6, 6.07) is 0. The third-order valence-electron chi connectivity index (χ3n) is 1.78. The van der Waals surface area contributed by atoms with Crippen molar-refractivity contribution < 1.29 is 19.0 Å². The van der Waals surface area contributed by atoms with Crippen LogP contribution < -0.4 is 0 Å². The van der Waals surface area contributed by atoms with Crippen LogP contribution in [-0.4, -0.2) is 32.1 Å². The molecule has 94 valence electrons. The predicted molar refractivity (Wildman–Crippen MR) is 62.0 cm³/mol. The lowest BCUT2D eigenvalue weighted by molar-refractivity contribution is -0.143. The summed E-state index contributed by atoms with van der Waals surface area (Å²) in [5, 5.41) is 0. The van der Waals surface area contributed by atoms with E-state index in [1.165, 1.54) is 0 Å². The van der Waals surface area contributed by atoms with E-state index in [9.17, 15) is 4.79 Å². The Morgan fingerprint density at radius 3 is 2.44 bits per heavy atom. The molecule has 0 saturated carbocycles. The first-order valence-electron chi connectivity index (χ1n) is 5.63. The molecule has 1 unspecified atom stereocenters. The Balaban J connectivity index is 3.33. The van der Waals surface area contributed by atoms with E-state index in [1.54, 1.807) is 6.92 Å². The number of carbonyl (C=O) groups excluding carboxylic acids is 1. The van der Waals surface area contributed by atoms with Crippen molar-refractivity contribution in [1.82, 2.24) is 0 Å². The maximum atomic E-state index is 11.0. The molecule has 0 aromatic heterocycles. The van der Waals surface area contributed by atoms with Crippen LogP contribution in [0.2, 0.25) is 0 Å². The molecule has 4 nitrogen and oxygen atoms in total. The van der Waals surface area contributed by atoms with Crippen LogP contribution in [0.15, 0.2) is 12.2 Å². The van der Waals surface area contributed by atoms with E-state index in [-0.39, 0.29) is 12.3 Å². The number of hydrogen-bond donors (Lipinski definition) is 0. The van der Waals surface area contributed by atoms with Gasteiger partial charge in [0.1, 0.15) is 0 Å². The molecule has 4 heteroatoms. The van der Waals surface area contributed by atoms with Crippen LogP contribution in [0.25, 0.3) is 0 Å². The molecule has 0 aliphatic heterocycles. The van der Waals surface area contributed by atoms with Gasteiger partial charge in [0.2, 0.25) is 0 Å². The highest BCUT2D eigenvalue weighted by atomic mass is 16.7. The number of carbonyl (C=O) groups is 1. The Hall–Kier alpha value is -0.870. The summed E-state index contributed by atoms with van der Waals surface area (Å²) in [4.78, 5) is 11.0. The van der Waals surface area contributed by atoms with Crippen molar-refractivity contribution in [3.63, 3.8) is 0 Å². The zero-order chi connectivity index (χ0) is 12.4. The summed E-state index contributed by atoms with van der Waals surface area (Å²) in [5.74, 6) is -0.352. The number of rotatable bonds is 9. The number of hydrogen-bond acceptors (Lipinski definition) is 4. The van der Waals surface area contributed by atoms with E-state index in [0.717, 1.165) is 6.42 Å². The van der Waals surface area contributed by atoms with Gasteiger partial charge in [-0.05, 0) is 20.3 Å². The van der Waals surface area contributed by atoms with Crippen LogP contribution >= 0.6 is 0 Å². The van der Waals surface area contributed by atoms with Crippen molar-refractivity contribution in [2.45, 2.75) is 39.9 Å². The molecule has 1 atom stereocenters. The second kappa shape index (κ2) is 9.36. The summed E-state index contributed by atoms with van der Waals surface area (Å²) < 4.78 is 15.6. The quantitative estimate of drug-likeness (QED) is 0.264. The standard InChI is InChI=1S/C12H22O4/c1-5-7-14-11(4)15-8-6-9-16-12(13)10(2)3/h11H,2,5-9H2,1,3-4H3. The van der Waals surface area contributed by atoms with Gasteiger partial charge in [-0.1, -0.05) is 13.5 Å². The van der Waals surface area contributed by atoms with Crippen LogP contribution in [0.4, 0.5) is 0 Å². The minimum absolute atomic E-state index is 0.197. The summed E-state index contributed by atoms with van der Waals surface area (Å²) in [6.45, 7) is 10.6. The Labute approximate surface area is 97.6 Å². The van der Waals surface area contributed by atoms with Gasteiger partial charge in [0, 0.05) is 18.6 Å². The molecule has 0 spiro atoms. The van der Waals surface area contributed by atoms with Crippen molar-refractivity contribution in [3.05, 3.63) is 12.2 Å². The molecule has 0 saturated heterocycles. The number of ether oxygens (including phenoxy) is 3. The SMILES string of the molecule is C=C(C)C(=O)OCCCOC(C)OCCC. The van der Waals surface area contributed by atoms with E-state index in [2.05, 4.69) is 6.58 Å². The molecule has 0 amide bonds. The van der Waals surface area contributed by atoms with Gasteiger partial charge in [0.05, 0.1) is 13.2 Å². The molecule has 0 aliphatic rings. The van der Waals surface area contributed by atoms with Gasteiger partial charge >= 0.3 is 5.97 Å². The molecule has 0 heterocycles. The van der Waals surface area contributed by atoms with Gasteiger partial charge < -0.3 is 14.2 Å². The predicted octanol–water partition coefficient (Wildman–Crippen LogP) is 2.29. The van der Waals surface area contributed by atoms with Gasteiger partial charge in [0.25, 0.3) is 0 Å². The maximum Gasteiger partial charge on any atom is 0.333 e. The van der Waals surface area contributed by atoms with E-state index in [4.69, 9.17) is 14.2 Å². The summed E-state index contributed by atoms with van der Waals surface area (Å²) in [6.07, 6.45) is 1.44. The molecule has 0 N–H and O–H groups in total. The highest BCUT2D eigenvalue weighted by Gasteiger charge is 2.03. The van der Waals surface area contributed by atoms with Gasteiger partial charge in [0.15, 0.2) is 6.29 Å². The van der Waals surface area contributed by atoms with Gasteiger partial charge in [-0.25, -0.2) is 4.79 Å². The largest absolute Gasteiger partial charge is 0.462 e. The molecule has 0 bridgehead atoms. The smallest absolute Gasteiger partial charge is 0.333 e. The molecule has 16 heavy (non-hydrogen) atoms. The van der Waals surface area contributed by atoms with Crippen LogP contribution in [0.5, 0.6) is 0 Å². The van der Waals surface area contributed by atoms with E-state index in [0.29, 0.717) is 31.8 Å². The van der Waals surface area contributed by atoms with E-state index >= 15 is 0 Å². The fourth-order valence-corrected chi connectivity index (χ4v) is 0.928. The highest BCUT2D eigenvalue weighted by molar-refractivity contribution is 5.86. The topological polar surface area (TPSA) is 44.8 Å². The summed E-state index contributed by atoms with van der Waals surface area (Å²) >= 11 is 0. The molecule has 0 fully saturated rings. The maximum absolute atomic E-state index is 11.0. The Morgan fingerprint density at radius 2 is 1.88 bits per heavy atom. The normalized spacial score (nSPS) is 12.2. The van der Waals surface area contributed by atoms with Crippen LogP contribution in [-0.2, 0) is 19.0 Å². The van der Waals surface area contributed by atoms with Gasteiger partial charge in [-0.15, -0.1) is 0 Å². The van der Waals surface area contributed by atoms with Crippen molar-refractivity contribution in [3.8, 4) is 0 Å². The molecule has 0 rings (SSSR count). The fraction of sp³-hybridized carbons (Fsp3) is 0.750.